The van der Waals surface area contributed by atoms with Gasteiger partial charge >= 0.3 is 12.1 Å². The van der Waals surface area contributed by atoms with Crippen molar-refractivity contribution in [2.24, 2.45) is 5.11 Å². The van der Waals surface area contributed by atoms with Crippen molar-refractivity contribution >= 4 is 5.91 Å². The van der Waals surface area contributed by atoms with Crippen LogP contribution in [0.1, 0.15) is 11.5 Å². The Kier molecular flexibility index (Phi) is 6.23. The van der Waals surface area contributed by atoms with E-state index in [9.17, 15) is 18.0 Å². The second-order valence-corrected chi connectivity index (χ2v) is 5.13. The number of carbonyl (C=O) groups is 1. The molecule has 1 aromatic heterocycles. The number of hydrogen-bond acceptors (Lipinski definition) is 8. The monoisotopic (exact) mass is 384 g/mol. The van der Waals surface area contributed by atoms with Crippen LogP contribution in [0, 0.1) is 5.53 Å². The molecule has 0 bridgehead atoms. The minimum Gasteiger partial charge on any atom is -0.385 e. The topological polar surface area (TPSA) is 117 Å². The fourth-order valence-electron chi connectivity index (χ4n) is 1.88. The van der Waals surface area contributed by atoms with E-state index in [1.54, 1.807) is 12.1 Å². The number of rotatable bonds is 7. The number of carbonyl (C=O) groups excluding carboxylic acids is 1. The van der Waals surface area contributed by atoms with Gasteiger partial charge in [0.1, 0.15) is 0 Å². The molecular formula is C15H15F3N6O3. The van der Waals surface area contributed by atoms with Crippen LogP contribution >= 0.6 is 0 Å². The highest BCUT2D eigenvalue weighted by Gasteiger charge is 2.38. The van der Waals surface area contributed by atoms with Crippen molar-refractivity contribution in [3.05, 3.63) is 47.6 Å². The molecule has 0 saturated carbocycles. The van der Waals surface area contributed by atoms with Crippen LogP contribution in [0.2, 0.25) is 0 Å². The molecule has 0 fully saturated rings. The summed E-state index contributed by atoms with van der Waals surface area (Å²) < 4.78 is 41.6. The normalized spacial score (nSPS) is 12.0. The molecule has 0 aliphatic rings. The van der Waals surface area contributed by atoms with Crippen LogP contribution in [-0.4, -0.2) is 35.3 Å². The van der Waals surface area contributed by atoms with E-state index in [1.807, 2.05) is 0 Å². The first-order valence-corrected chi connectivity index (χ1v) is 7.39. The van der Waals surface area contributed by atoms with Crippen LogP contribution in [0.3, 0.4) is 0 Å². The number of nitrogens with one attached hydrogen (secondary N) is 2. The van der Waals surface area contributed by atoms with Crippen molar-refractivity contribution in [1.29, 1.82) is 5.53 Å². The highest BCUT2D eigenvalue weighted by Crippen LogP contribution is 2.29. The van der Waals surface area contributed by atoms with Gasteiger partial charge in [0, 0.05) is 25.4 Å². The molecule has 0 aliphatic heterocycles. The van der Waals surface area contributed by atoms with E-state index in [0.717, 1.165) is 10.6 Å². The van der Waals surface area contributed by atoms with Crippen molar-refractivity contribution < 1.29 is 27.3 Å². The summed E-state index contributed by atoms with van der Waals surface area (Å²) in [6.45, 7) is 0.281. The Bertz CT molecular complexity index is 832. The van der Waals surface area contributed by atoms with Crippen LogP contribution < -0.4 is 5.32 Å². The van der Waals surface area contributed by atoms with Crippen LogP contribution in [-0.2, 0) is 22.4 Å². The summed E-state index contributed by atoms with van der Waals surface area (Å²) >= 11 is 0. The van der Waals surface area contributed by atoms with E-state index in [4.69, 9.17) is 10.4 Å². The zero-order valence-corrected chi connectivity index (χ0v) is 14.2. The van der Waals surface area contributed by atoms with Gasteiger partial charge in [-0.25, -0.2) is 10.6 Å². The van der Waals surface area contributed by atoms with Gasteiger partial charge in [-0.05, 0) is 5.56 Å². The number of hydroxylamine groups is 2. The van der Waals surface area contributed by atoms with Crippen LogP contribution in [0.5, 0.6) is 0 Å². The van der Waals surface area contributed by atoms with Crippen molar-refractivity contribution in [3.63, 3.8) is 0 Å². The lowest BCUT2D eigenvalue weighted by Crippen LogP contribution is -2.27. The molecule has 1 amide bonds. The molecule has 0 aliphatic carbocycles. The Morgan fingerprint density at radius 2 is 2.07 bits per heavy atom. The van der Waals surface area contributed by atoms with Gasteiger partial charge in [0.2, 0.25) is 5.82 Å². The number of benzene rings is 1. The standard InChI is InChI=1S/C15H15F3N6O3/c1-24(26-2)13(25)11(22-19)8-20-7-9-3-5-10(6-4-9)12-21-14(27-23-12)15(16,17)18/h3-6,8,19-20H,7H2,1-2H3/b11-8-,22-19?. The molecule has 2 rings (SSSR count). The zero-order chi connectivity index (χ0) is 20.0. The maximum atomic E-state index is 12.5. The Hall–Kier alpha value is -3.28. The minimum atomic E-state index is -4.70. The molecule has 12 heteroatoms. The fourth-order valence-corrected chi connectivity index (χ4v) is 1.88. The maximum Gasteiger partial charge on any atom is 0.471 e. The summed E-state index contributed by atoms with van der Waals surface area (Å²) in [4.78, 5) is 19.8. The van der Waals surface area contributed by atoms with Gasteiger partial charge in [-0.1, -0.05) is 29.4 Å². The van der Waals surface area contributed by atoms with E-state index >= 15 is 0 Å². The van der Waals surface area contributed by atoms with Crippen LogP contribution in [0.4, 0.5) is 13.2 Å². The minimum absolute atomic E-state index is 0.164. The second kappa shape index (κ2) is 8.40. The molecule has 0 atom stereocenters. The van der Waals surface area contributed by atoms with Gasteiger partial charge in [-0.2, -0.15) is 23.3 Å². The third kappa shape index (κ3) is 5.10. The first-order valence-electron chi connectivity index (χ1n) is 7.39. The summed E-state index contributed by atoms with van der Waals surface area (Å²) in [5.74, 6) is -2.19. The maximum absolute atomic E-state index is 12.5. The number of amides is 1. The fraction of sp³-hybridized carbons (Fsp3) is 0.267. The van der Waals surface area contributed by atoms with E-state index in [2.05, 4.69) is 25.1 Å². The Labute approximate surface area is 151 Å². The lowest BCUT2D eigenvalue weighted by Gasteiger charge is -2.13. The molecule has 9 nitrogen and oxygen atoms in total. The summed E-state index contributed by atoms with van der Waals surface area (Å²) in [5, 5.41) is 10.2. The number of nitrogens with zero attached hydrogens (tertiary/aromatic N) is 4. The summed E-state index contributed by atoms with van der Waals surface area (Å²) in [6, 6.07) is 6.34. The van der Waals surface area contributed by atoms with Crippen LogP contribution in [0.25, 0.3) is 11.4 Å². The SMILES string of the molecule is CON(C)C(=O)/C(=C/NCc1ccc(-c2noc(C(F)(F)F)n2)cc1)N=N. The predicted molar refractivity (Wildman–Crippen MR) is 84.6 cm³/mol. The highest BCUT2D eigenvalue weighted by atomic mass is 19.4. The molecule has 1 aromatic carbocycles. The number of aromatic nitrogens is 2. The number of alkyl halides is 3. The van der Waals surface area contributed by atoms with E-state index in [1.165, 1.54) is 32.5 Å². The number of halogens is 3. The summed E-state index contributed by atoms with van der Waals surface area (Å²) in [6.07, 6.45) is -3.44. The molecule has 0 spiro atoms. The number of hydrogen-bond donors (Lipinski definition) is 2. The molecule has 0 unspecified atom stereocenters. The molecule has 2 aromatic rings. The van der Waals surface area contributed by atoms with Crippen molar-refractivity contribution in [3.8, 4) is 11.4 Å². The molecule has 0 saturated heterocycles. The van der Waals surface area contributed by atoms with E-state index < -0.39 is 18.0 Å². The predicted octanol–water partition coefficient (Wildman–Crippen LogP) is 2.74. The molecule has 144 valence electrons. The Morgan fingerprint density at radius 1 is 1.41 bits per heavy atom. The first-order chi connectivity index (χ1) is 12.8. The quantitative estimate of drug-likeness (QED) is 0.431. The Morgan fingerprint density at radius 3 is 2.59 bits per heavy atom. The lowest BCUT2D eigenvalue weighted by molar-refractivity contribution is -0.164. The van der Waals surface area contributed by atoms with Gasteiger partial charge in [0.15, 0.2) is 5.70 Å². The molecule has 27 heavy (non-hydrogen) atoms. The van der Waals surface area contributed by atoms with Gasteiger partial charge in [-0.15, -0.1) is 0 Å². The highest BCUT2D eigenvalue weighted by molar-refractivity contribution is 5.91. The molecule has 1 heterocycles. The smallest absolute Gasteiger partial charge is 0.385 e. The Balaban J connectivity index is 2.01. The average Bonchev–Trinajstić information content (AvgIpc) is 3.15. The van der Waals surface area contributed by atoms with Crippen molar-refractivity contribution in [1.82, 2.24) is 20.5 Å². The van der Waals surface area contributed by atoms with E-state index in [0.29, 0.717) is 5.56 Å². The van der Waals surface area contributed by atoms with E-state index in [-0.39, 0.29) is 18.1 Å². The van der Waals surface area contributed by atoms with Crippen LogP contribution in [0.15, 0.2) is 45.8 Å². The van der Waals surface area contributed by atoms with Gasteiger partial charge in [-0.3, -0.25) is 9.63 Å². The molecule has 2 N–H and O–H groups in total. The third-order valence-corrected chi connectivity index (χ3v) is 3.33. The van der Waals surface area contributed by atoms with Crippen molar-refractivity contribution in [2.75, 3.05) is 14.2 Å². The molecular weight excluding hydrogens is 369 g/mol. The first kappa shape index (κ1) is 20.0. The van der Waals surface area contributed by atoms with Gasteiger partial charge < -0.3 is 9.84 Å². The second-order valence-electron chi connectivity index (χ2n) is 5.13. The zero-order valence-electron chi connectivity index (χ0n) is 14.2. The number of likely N-dealkylation sites (N-methyl/N-ethyl adjacent to an activating group) is 1. The summed E-state index contributed by atoms with van der Waals surface area (Å²) in [5.41, 5.74) is 7.97. The average molecular weight is 384 g/mol. The lowest BCUT2D eigenvalue weighted by atomic mass is 10.1. The summed E-state index contributed by atoms with van der Waals surface area (Å²) in [7, 11) is 2.68. The van der Waals surface area contributed by atoms with Crippen molar-refractivity contribution in [2.45, 2.75) is 12.7 Å². The van der Waals surface area contributed by atoms with Gasteiger partial charge in [0.25, 0.3) is 5.91 Å². The molecule has 0 radical (unpaired) electrons. The third-order valence-electron chi connectivity index (χ3n) is 3.33. The van der Waals surface area contributed by atoms with Gasteiger partial charge in [0.05, 0.1) is 7.11 Å². The largest absolute Gasteiger partial charge is 0.471 e.